The highest BCUT2D eigenvalue weighted by Gasteiger charge is 2.14. The number of nitrogens with one attached hydrogen (secondary N) is 2. The molecule has 1 aliphatic rings. The molecule has 0 aromatic heterocycles. The van der Waals surface area contributed by atoms with E-state index in [0.717, 1.165) is 23.9 Å². The zero-order valence-corrected chi connectivity index (χ0v) is 11.8. The molecule has 2 nitrogen and oxygen atoms in total. The number of hydrogen-bond acceptors (Lipinski definition) is 2. The maximum atomic E-state index is 6.18. The molecule has 1 saturated heterocycles. The van der Waals surface area contributed by atoms with Gasteiger partial charge in [0.15, 0.2) is 0 Å². The number of piperidine rings is 1. The first-order valence-corrected chi connectivity index (χ1v) is 7.31. The molecule has 2 rings (SSSR count). The van der Waals surface area contributed by atoms with E-state index in [1.807, 2.05) is 12.1 Å². The van der Waals surface area contributed by atoms with Gasteiger partial charge in [-0.05, 0) is 63.4 Å². The third-order valence-electron chi connectivity index (χ3n) is 3.70. The summed E-state index contributed by atoms with van der Waals surface area (Å²) in [5, 5.41) is 7.93. The smallest absolute Gasteiger partial charge is 0.0438 e. The molecule has 0 radical (unpaired) electrons. The Hall–Kier alpha value is -0.570. The summed E-state index contributed by atoms with van der Waals surface area (Å²) >= 11 is 6.18. The average Bonchev–Trinajstić information content (AvgIpc) is 2.40. The Kier molecular flexibility index (Phi) is 5.48. The van der Waals surface area contributed by atoms with Gasteiger partial charge in [-0.2, -0.15) is 0 Å². The number of hydrogen-bond donors (Lipinski definition) is 2. The van der Waals surface area contributed by atoms with Crippen molar-refractivity contribution in [2.45, 2.75) is 32.2 Å². The first-order chi connectivity index (χ1) is 8.75. The van der Waals surface area contributed by atoms with Crippen molar-refractivity contribution in [1.29, 1.82) is 0 Å². The van der Waals surface area contributed by atoms with Gasteiger partial charge in [-0.1, -0.05) is 29.8 Å². The van der Waals surface area contributed by atoms with Crippen molar-refractivity contribution in [1.82, 2.24) is 10.6 Å². The molecule has 1 heterocycles. The fraction of sp³-hybridized carbons (Fsp3) is 0.600. The Morgan fingerprint density at radius 2 is 2.06 bits per heavy atom. The third-order valence-corrected chi connectivity index (χ3v) is 4.07. The number of benzene rings is 1. The molecule has 0 amide bonds. The molecule has 100 valence electrons. The molecule has 1 aromatic carbocycles. The second-order valence-electron chi connectivity index (χ2n) is 5.30. The Labute approximate surface area is 115 Å². The highest BCUT2D eigenvalue weighted by molar-refractivity contribution is 6.31. The van der Waals surface area contributed by atoms with Gasteiger partial charge in [0.05, 0.1) is 0 Å². The first-order valence-electron chi connectivity index (χ1n) is 6.93. The lowest BCUT2D eigenvalue weighted by atomic mass is 9.97. The van der Waals surface area contributed by atoms with Gasteiger partial charge in [-0.3, -0.25) is 0 Å². The number of halogens is 1. The maximum absolute atomic E-state index is 6.18. The highest BCUT2D eigenvalue weighted by atomic mass is 35.5. The average molecular weight is 267 g/mol. The van der Waals surface area contributed by atoms with E-state index in [-0.39, 0.29) is 0 Å². The van der Waals surface area contributed by atoms with Crippen molar-refractivity contribution in [3.8, 4) is 0 Å². The van der Waals surface area contributed by atoms with Gasteiger partial charge in [0, 0.05) is 11.1 Å². The van der Waals surface area contributed by atoms with Gasteiger partial charge in [0.2, 0.25) is 0 Å². The van der Waals surface area contributed by atoms with Crippen molar-refractivity contribution < 1.29 is 0 Å². The van der Waals surface area contributed by atoms with E-state index in [1.165, 1.54) is 31.5 Å². The Morgan fingerprint density at radius 1 is 1.33 bits per heavy atom. The Balaban J connectivity index is 1.74. The second kappa shape index (κ2) is 7.13. The van der Waals surface area contributed by atoms with E-state index < -0.39 is 0 Å². The zero-order valence-electron chi connectivity index (χ0n) is 11.1. The topological polar surface area (TPSA) is 24.1 Å². The third kappa shape index (κ3) is 4.27. The van der Waals surface area contributed by atoms with Crippen LogP contribution in [0.5, 0.6) is 0 Å². The van der Waals surface area contributed by atoms with Gasteiger partial charge in [0.25, 0.3) is 0 Å². The van der Waals surface area contributed by atoms with Crippen LogP contribution in [0.15, 0.2) is 24.3 Å². The summed E-state index contributed by atoms with van der Waals surface area (Å²) in [6.45, 7) is 5.72. The predicted octanol–water partition coefficient (Wildman–Crippen LogP) is 2.86. The summed E-state index contributed by atoms with van der Waals surface area (Å²) in [5.74, 6) is 0.833. The zero-order chi connectivity index (χ0) is 12.8. The minimum absolute atomic E-state index is 0.486. The van der Waals surface area contributed by atoms with Crippen LogP contribution in [0.3, 0.4) is 0 Å². The molecule has 1 fully saturated rings. The van der Waals surface area contributed by atoms with Crippen LogP contribution in [0, 0.1) is 5.92 Å². The van der Waals surface area contributed by atoms with Crippen molar-refractivity contribution >= 4 is 11.6 Å². The second-order valence-corrected chi connectivity index (χ2v) is 5.71. The molecule has 0 saturated carbocycles. The van der Waals surface area contributed by atoms with E-state index >= 15 is 0 Å². The summed E-state index contributed by atoms with van der Waals surface area (Å²) in [4.78, 5) is 0. The van der Waals surface area contributed by atoms with E-state index in [0.29, 0.717) is 6.04 Å². The standard InChI is InChI=1S/C15H23ClN2/c1-12(10-14-4-2-3-5-15(14)16)18-11-13-6-8-17-9-7-13/h2-5,12-13,17-18H,6-11H2,1H3. The van der Waals surface area contributed by atoms with E-state index in [4.69, 9.17) is 11.6 Å². The van der Waals surface area contributed by atoms with Gasteiger partial charge in [-0.25, -0.2) is 0 Å². The van der Waals surface area contributed by atoms with Crippen LogP contribution in [0.4, 0.5) is 0 Å². The quantitative estimate of drug-likeness (QED) is 0.856. The molecule has 18 heavy (non-hydrogen) atoms. The lowest BCUT2D eigenvalue weighted by Crippen LogP contribution is -2.37. The van der Waals surface area contributed by atoms with E-state index in [2.05, 4.69) is 29.7 Å². The van der Waals surface area contributed by atoms with Gasteiger partial charge >= 0.3 is 0 Å². The van der Waals surface area contributed by atoms with Crippen LogP contribution in [0.1, 0.15) is 25.3 Å². The van der Waals surface area contributed by atoms with Gasteiger partial charge < -0.3 is 10.6 Å². The van der Waals surface area contributed by atoms with E-state index in [9.17, 15) is 0 Å². The molecule has 1 aromatic rings. The van der Waals surface area contributed by atoms with E-state index in [1.54, 1.807) is 0 Å². The Bertz CT molecular complexity index is 361. The van der Waals surface area contributed by atoms with Crippen LogP contribution in [-0.4, -0.2) is 25.7 Å². The fourth-order valence-electron chi connectivity index (χ4n) is 2.52. The molecule has 0 spiro atoms. The Morgan fingerprint density at radius 3 is 2.78 bits per heavy atom. The van der Waals surface area contributed by atoms with Crippen LogP contribution in [0.2, 0.25) is 5.02 Å². The lowest BCUT2D eigenvalue weighted by Gasteiger charge is -2.25. The fourth-order valence-corrected chi connectivity index (χ4v) is 2.73. The first kappa shape index (κ1) is 13.9. The summed E-state index contributed by atoms with van der Waals surface area (Å²) in [7, 11) is 0. The maximum Gasteiger partial charge on any atom is 0.0438 e. The van der Waals surface area contributed by atoms with Crippen molar-refractivity contribution in [3.05, 3.63) is 34.9 Å². The molecular formula is C15H23ClN2. The summed E-state index contributed by atoms with van der Waals surface area (Å²) < 4.78 is 0. The molecule has 2 N–H and O–H groups in total. The predicted molar refractivity (Wildman–Crippen MR) is 78.2 cm³/mol. The van der Waals surface area contributed by atoms with Crippen LogP contribution in [-0.2, 0) is 6.42 Å². The summed E-state index contributed by atoms with van der Waals surface area (Å²) in [5.41, 5.74) is 1.24. The molecule has 1 atom stereocenters. The normalized spacial score (nSPS) is 18.8. The molecule has 1 unspecified atom stereocenters. The number of rotatable bonds is 5. The monoisotopic (exact) mass is 266 g/mol. The molecule has 0 aliphatic carbocycles. The molecule has 3 heteroatoms. The van der Waals surface area contributed by atoms with Gasteiger partial charge in [0.1, 0.15) is 0 Å². The largest absolute Gasteiger partial charge is 0.317 e. The molecule has 1 aliphatic heterocycles. The molecular weight excluding hydrogens is 244 g/mol. The van der Waals surface area contributed by atoms with Gasteiger partial charge in [-0.15, -0.1) is 0 Å². The lowest BCUT2D eigenvalue weighted by molar-refractivity contribution is 0.343. The molecule has 0 bridgehead atoms. The minimum atomic E-state index is 0.486. The van der Waals surface area contributed by atoms with Crippen molar-refractivity contribution in [2.24, 2.45) is 5.92 Å². The summed E-state index contributed by atoms with van der Waals surface area (Å²) in [6.07, 6.45) is 3.60. The van der Waals surface area contributed by atoms with Crippen molar-refractivity contribution in [2.75, 3.05) is 19.6 Å². The van der Waals surface area contributed by atoms with Crippen LogP contribution >= 0.6 is 11.6 Å². The summed E-state index contributed by atoms with van der Waals surface area (Å²) in [6, 6.07) is 8.61. The highest BCUT2D eigenvalue weighted by Crippen LogP contribution is 2.17. The van der Waals surface area contributed by atoms with Crippen LogP contribution in [0.25, 0.3) is 0 Å². The van der Waals surface area contributed by atoms with Crippen LogP contribution < -0.4 is 10.6 Å². The van der Waals surface area contributed by atoms with Crippen molar-refractivity contribution in [3.63, 3.8) is 0 Å². The SMILES string of the molecule is CC(Cc1ccccc1Cl)NCC1CCNCC1. The minimum Gasteiger partial charge on any atom is -0.317 e.